The van der Waals surface area contributed by atoms with Crippen LogP contribution in [-0.2, 0) is 0 Å². The van der Waals surface area contributed by atoms with Gasteiger partial charge >= 0.3 is 0 Å². The van der Waals surface area contributed by atoms with Gasteiger partial charge in [0.2, 0.25) is 5.88 Å². The fourth-order valence-electron chi connectivity index (χ4n) is 1.77. The second kappa shape index (κ2) is 6.14. The summed E-state index contributed by atoms with van der Waals surface area (Å²) in [5, 5.41) is 22.4. The van der Waals surface area contributed by atoms with Crippen LogP contribution in [0.15, 0.2) is 36.7 Å². The maximum absolute atomic E-state index is 12.2. The van der Waals surface area contributed by atoms with E-state index in [9.17, 15) is 4.79 Å². The number of rotatable bonds is 5. The van der Waals surface area contributed by atoms with E-state index < -0.39 is 0 Å². The van der Waals surface area contributed by atoms with Gasteiger partial charge in [-0.15, -0.1) is 5.10 Å². The predicted octanol–water partition coefficient (Wildman–Crippen LogP) is 0.143. The highest BCUT2D eigenvalue weighted by Crippen LogP contribution is 2.13. The van der Waals surface area contributed by atoms with Gasteiger partial charge in [-0.25, -0.2) is 9.50 Å². The van der Waals surface area contributed by atoms with Gasteiger partial charge in [0, 0.05) is 17.8 Å². The lowest BCUT2D eigenvalue weighted by Crippen LogP contribution is -2.12. The summed E-state index contributed by atoms with van der Waals surface area (Å²) in [5.41, 5.74) is 1.45. The molecular weight excluding hydrogens is 288 g/mol. The van der Waals surface area contributed by atoms with Crippen molar-refractivity contribution in [3.63, 3.8) is 0 Å². The van der Waals surface area contributed by atoms with Crippen molar-refractivity contribution in [1.82, 2.24) is 25.0 Å². The molecule has 0 aliphatic rings. The molecule has 0 saturated heterocycles. The third-order valence-electron chi connectivity index (χ3n) is 2.80. The van der Waals surface area contributed by atoms with E-state index in [0.717, 1.165) is 0 Å². The summed E-state index contributed by atoms with van der Waals surface area (Å²) in [5.74, 6) is 0.0827. The monoisotopic (exact) mass is 300 g/mol. The van der Waals surface area contributed by atoms with Crippen molar-refractivity contribution in [3.05, 3.63) is 42.2 Å². The molecule has 0 unspecified atom stereocenters. The SMILES string of the molecule is O=C(Nc1ccc(OCCO)nc1)c1ccn2nnnc2c1. The summed E-state index contributed by atoms with van der Waals surface area (Å²) >= 11 is 0. The smallest absolute Gasteiger partial charge is 0.255 e. The fraction of sp³-hybridized carbons (Fsp3) is 0.154. The Morgan fingerprint density at radius 3 is 3.05 bits per heavy atom. The largest absolute Gasteiger partial charge is 0.475 e. The number of amides is 1. The number of aliphatic hydroxyl groups excluding tert-OH is 1. The number of hydrogen-bond acceptors (Lipinski definition) is 7. The highest BCUT2D eigenvalue weighted by molar-refractivity contribution is 6.04. The molecule has 2 N–H and O–H groups in total. The molecule has 0 spiro atoms. The molecule has 0 fully saturated rings. The van der Waals surface area contributed by atoms with Gasteiger partial charge in [0.05, 0.1) is 18.5 Å². The quantitative estimate of drug-likeness (QED) is 0.688. The predicted molar refractivity (Wildman–Crippen MR) is 75.6 cm³/mol. The van der Waals surface area contributed by atoms with Crippen molar-refractivity contribution in [2.45, 2.75) is 0 Å². The Morgan fingerprint density at radius 2 is 2.27 bits per heavy atom. The van der Waals surface area contributed by atoms with Crippen LogP contribution in [0.4, 0.5) is 5.69 Å². The molecule has 3 heterocycles. The molecule has 0 bridgehead atoms. The molecule has 3 aromatic rings. The normalized spacial score (nSPS) is 10.6. The number of nitrogens with one attached hydrogen (secondary N) is 1. The average Bonchev–Trinajstić information content (AvgIpc) is 3.01. The Morgan fingerprint density at radius 1 is 1.36 bits per heavy atom. The van der Waals surface area contributed by atoms with Gasteiger partial charge in [-0.3, -0.25) is 4.79 Å². The first-order valence-electron chi connectivity index (χ1n) is 6.45. The van der Waals surface area contributed by atoms with E-state index in [0.29, 0.717) is 22.8 Å². The first-order valence-corrected chi connectivity index (χ1v) is 6.45. The van der Waals surface area contributed by atoms with Crippen LogP contribution >= 0.6 is 0 Å². The van der Waals surface area contributed by atoms with Gasteiger partial charge < -0.3 is 15.2 Å². The number of hydrogen-bond donors (Lipinski definition) is 2. The lowest BCUT2D eigenvalue weighted by atomic mass is 10.2. The lowest BCUT2D eigenvalue weighted by Gasteiger charge is -2.06. The van der Waals surface area contributed by atoms with E-state index in [1.807, 2.05) is 0 Å². The van der Waals surface area contributed by atoms with E-state index in [4.69, 9.17) is 9.84 Å². The number of carbonyl (C=O) groups excluding carboxylic acids is 1. The maximum atomic E-state index is 12.2. The number of nitrogens with zero attached hydrogens (tertiary/aromatic N) is 5. The third kappa shape index (κ3) is 2.99. The number of aliphatic hydroxyl groups is 1. The number of tetrazole rings is 1. The first-order chi connectivity index (χ1) is 10.8. The minimum atomic E-state index is -0.295. The first kappa shape index (κ1) is 13.9. The molecule has 9 heteroatoms. The molecule has 9 nitrogen and oxygen atoms in total. The van der Waals surface area contributed by atoms with Crippen molar-refractivity contribution in [1.29, 1.82) is 0 Å². The molecule has 0 radical (unpaired) electrons. The Kier molecular flexibility index (Phi) is 3.88. The van der Waals surface area contributed by atoms with Crippen LogP contribution in [0.1, 0.15) is 10.4 Å². The minimum absolute atomic E-state index is 0.0832. The van der Waals surface area contributed by atoms with E-state index in [1.165, 1.54) is 10.7 Å². The molecule has 3 rings (SSSR count). The Balaban J connectivity index is 1.70. The molecule has 1 amide bonds. The molecule has 3 aromatic heterocycles. The topological polar surface area (TPSA) is 115 Å². The summed E-state index contributed by atoms with van der Waals surface area (Å²) in [6.07, 6.45) is 3.08. The summed E-state index contributed by atoms with van der Waals surface area (Å²) in [6.45, 7) is 0.0885. The Labute approximate surface area is 124 Å². The lowest BCUT2D eigenvalue weighted by molar-refractivity contribution is 0.102. The van der Waals surface area contributed by atoms with Gasteiger partial charge in [-0.05, 0) is 28.6 Å². The molecule has 112 valence electrons. The van der Waals surface area contributed by atoms with Crippen molar-refractivity contribution >= 4 is 17.2 Å². The van der Waals surface area contributed by atoms with Crippen LogP contribution in [0, 0.1) is 0 Å². The van der Waals surface area contributed by atoms with E-state index in [1.54, 1.807) is 30.5 Å². The van der Waals surface area contributed by atoms with E-state index >= 15 is 0 Å². The fourth-order valence-corrected chi connectivity index (χ4v) is 1.77. The zero-order valence-electron chi connectivity index (χ0n) is 11.4. The number of ether oxygens (including phenoxy) is 1. The summed E-state index contributed by atoms with van der Waals surface area (Å²) in [7, 11) is 0. The van der Waals surface area contributed by atoms with Crippen molar-refractivity contribution in [2.24, 2.45) is 0 Å². The van der Waals surface area contributed by atoms with Crippen LogP contribution in [-0.4, -0.2) is 49.3 Å². The Bertz CT molecular complexity index is 786. The molecule has 0 aliphatic heterocycles. The van der Waals surface area contributed by atoms with Crippen LogP contribution in [0.25, 0.3) is 5.65 Å². The van der Waals surface area contributed by atoms with Gasteiger partial charge in [-0.1, -0.05) is 0 Å². The number of fused-ring (bicyclic) bond motifs is 1. The zero-order chi connectivity index (χ0) is 15.4. The second-order valence-corrected chi connectivity index (χ2v) is 4.31. The van der Waals surface area contributed by atoms with Crippen LogP contribution < -0.4 is 10.1 Å². The van der Waals surface area contributed by atoms with Gasteiger partial charge in [0.25, 0.3) is 5.91 Å². The number of carbonyl (C=O) groups is 1. The van der Waals surface area contributed by atoms with Crippen molar-refractivity contribution in [2.75, 3.05) is 18.5 Å². The molecular formula is C13H12N6O3. The second-order valence-electron chi connectivity index (χ2n) is 4.31. The molecule has 0 aromatic carbocycles. The molecule has 22 heavy (non-hydrogen) atoms. The highest BCUT2D eigenvalue weighted by Gasteiger charge is 2.08. The summed E-state index contributed by atoms with van der Waals surface area (Å²) in [4.78, 5) is 16.2. The maximum Gasteiger partial charge on any atom is 0.255 e. The number of pyridine rings is 2. The van der Waals surface area contributed by atoms with Gasteiger partial charge in [0.15, 0.2) is 5.65 Å². The standard InChI is InChI=1S/C13H12N6O3/c20-5-6-22-12-2-1-10(8-14-12)15-13(21)9-3-4-19-11(7-9)16-17-18-19/h1-4,7-8,20H,5-6H2,(H,15,21). The summed E-state index contributed by atoms with van der Waals surface area (Å²) < 4.78 is 6.60. The van der Waals surface area contributed by atoms with Gasteiger partial charge in [-0.2, -0.15) is 0 Å². The molecule has 0 saturated carbocycles. The van der Waals surface area contributed by atoms with Crippen LogP contribution in [0.3, 0.4) is 0 Å². The number of aromatic nitrogens is 5. The Hall–Kier alpha value is -3.07. The van der Waals surface area contributed by atoms with Gasteiger partial charge in [0.1, 0.15) is 6.61 Å². The average molecular weight is 300 g/mol. The molecule has 0 aliphatic carbocycles. The van der Waals surface area contributed by atoms with E-state index in [2.05, 4.69) is 25.8 Å². The molecule has 0 atom stereocenters. The number of anilines is 1. The van der Waals surface area contributed by atoms with Crippen LogP contribution in [0.5, 0.6) is 5.88 Å². The third-order valence-corrected chi connectivity index (χ3v) is 2.80. The zero-order valence-corrected chi connectivity index (χ0v) is 11.4. The highest BCUT2D eigenvalue weighted by atomic mass is 16.5. The van der Waals surface area contributed by atoms with Crippen molar-refractivity contribution in [3.8, 4) is 5.88 Å². The van der Waals surface area contributed by atoms with Crippen molar-refractivity contribution < 1.29 is 14.6 Å². The van der Waals surface area contributed by atoms with Crippen LogP contribution in [0.2, 0.25) is 0 Å². The summed E-state index contributed by atoms with van der Waals surface area (Å²) in [6, 6.07) is 6.47. The van der Waals surface area contributed by atoms with E-state index in [-0.39, 0.29) is 19.1 Å². The minimum Gasteiger partial charge on any atom is -0.475 e.